The van der Waals surface area contributed by atoms with Gasteiger partial charge in [0.25, 0.3) is 0 Å². The summed E-state index contributed by atoms with van der Waals surface area (Å²) in [5, 5.41) is 6.10. The highest BCUT2D eigenvalue weighted by molar-refractivity contribution is 6.31. The van der Waals surface area contributed by atoms with Crippen molar-refractivity contribution in [1.82, 2.24) is 0 Å². The molecule has 2 aromatic carbocycles. The molecular formula is C17H15Cl2N2+. The molecule has 0 fully saturated rings. The van der Waals surface area contributed by atoms with E-state index < -0.39 is 0 Å². The molecule has 0 aliphatic rings. The van der Waals surface area contributed by atoms with Crippen LogP contribution in [0.3, 0.4) is 0 Å². The highest BCUT2D eigenvalue weighted by Crippen LogP contribution is 2.29. The number of halogens is 2. The molecule has 0 unspecified atom stereocenters. The molecule has 3 aromatic rings. The van der Waals surface area contributed by atoms with Gasteiger partial charge >= 0.3 is 0 Å². The van der Waals surface area contributed by atoms with Crippen molar-refractivity contribution in [3.8, 4) is 0 Å². The highest BCUT2D eigenvalue weighted by atomic mass is 35.5. The molecule has 1 heterocycles. The van der Waals surface area contributed by atoms with E-state index in [-0.39, 0.29) is 6.04 Å². The molecule has 0 spiro atoms. The lowest BCUT2D eigenvalue weighted by atomic mass is 10.1. The van der Waals surface area contributed by atoms with Crippen LogP contribution in [-0.2, 0) is 0 Å². The Kier molecular flexibility index (Phi) is 4.00. The molecule has 0 saturated carbocycles. The zero-order valence-electron chi connectivity index (χ0n) is 11.5. The molecule has 21 heavy (non-hydrogen) atoms. The lowest BCUT2D eigenvalue weighted by molar-refractivity contribution is -0.344. The van der Waals surface area contributed by atoms with Crippen LogP contribution in [0, 0.1) is 0 Å². The van der Waals surface area contributed by atoms with E-state index in [4.69, 9.17) is 23.2 Å². The molecule has 0 bridgehead atoms. The maximum atomic E-state index is 6.26. The van der Waals surface area contributed by atoms with Crippen LogP contribution < -0.4 is 10.3 Å². The Bertz CT molecular complexity index is 787. The molecule has 3 rings (SSSR count). The van der Waals surface area contributed by atoms with Crippen molar-refractivity contribution in [2.75, 3.05) is 5.32 Å². The van der Waals surface area contributed by atoms with E-state index in [2.05, 4.69) is 17.2 Å². The largest absolute Gasteiger partial charge is 0.378 e. The number of anilines is 1. The molecule has 4 heteroatoms. The second kappa shape index (κ2) is 5.92. The monoisotopic (exact) mass is 317 g/mol. The van der Waals surface area contributed by atoms with Crippen LogP contribution in [-0.4, -0.2) is 0 Å². The number of H-pyrrole nitrogens is 1. The fourth-order valence-corrected chi connectivity index (χ4v) is 2.91. The van der Waals surface area contributed by atoms with Crippen molar-refractivity contribution in [3.63, 3.8) is 0 Å². The van der Waals surface area contributed by atoms with Crippen LogP contribution in [0.2, 0.25) is 10.0 Å². The molecule has 0 aliphatic carbocycles. The predicted octanol–water partition coefficient (Wildman–Crippen LogP) is 5.13. The molecule has 1 atom stereocenters. The van der Waals surface area contributed by atoms with Gasteiger partial charge in [-0.3, -0.25) is 0 Å². The second-order valence-corrected chi connectivity index (χ2v) is 5.81. The van der Waals surface area contributed by atoms with Gasteiger partial charge in [-0.2, -0.15) is 0 Å². The lowest BCUT2D eigenvalue weighted by Gasteiger charge is -2.17. The molecule has 2 nitrogen and oxygen atoms in total. The van der Waals surface area contributed by atoms with Gasteiger partial charge in [0.15, 0.2) is 6.20 Å². The van der Waals surface area contributed by atoms with E-state index in [0.717, 1.165) is 32.2 Å². The molecule has 0 aliphatic heterocycles. The number of rotatable bonds is 3. The molecule has 0 saturated heterocycles. The van der Waals surface area contributed by atoms with Crippen molar-refractivity contribution in [2.24, 2.45) is 0 Å². The first-order valence-electron chi connectivity index (χ1n) is 6.76. The lowest BCUT2D eigenvalue weighted by Crippen LogP contribution is -2.10. The molecule has 0 amide bonds. The Morgan fingerprint density at radius 1 is 1.05 bits per heavy atom. The van der Waals surface area contributed by atoms with Crippen molar-refractivity contribution in [1.29, 1.82) is 0 Å². The minimum atomic E-state index is 0.111. The zero-order chi connectivity index (χ0) is 14.8. The van der Waals surface area contributed by atoms with Gasteiger partial charge in [-0.15, -0.1) is 0 Å². The summed E-state index contributed by atoms with van der Waals surface area (Å²) >= 11 is 12.3. The van der Waals surface area contributed by atoms with E-state index in [9.17, 15) is 0 Å². The predicted molar refractivity (Wildman–Crippen MR) is 89.0 cm³/mol. The molecule has 0 radical (unpaired) electrons. The standard InChI is InChI=1S/C17H14Cl2N2/c1-11(13-4-2-3-5-15(13)19)21-16-8-9-20-17-10-12(18)6-7-14(16)17/h2-11H,1H3,(H,20,21)/p+1/t11-/m0/s1. The van der Waals surface area contributed by atoms with Gasteiger partial charge in [0.05, 0.1) is 17.1 Å². The smallest absolute Gasteiger partial charge is 0.214 e. The van der Waals surface area contributed by atoms with E-state index in [0.29, 0.717) is 0 Å². The van der Waals surface area contributed by atoms with Crippen LogP contribution in [0.4, 0.5) is 5.69 Å². The number of hydrogen-bond donors (Lipinski definition) is 1. The highest BCUT2D eigenvalue weighted by Gasteiger charge is 2.12. The quantitative estimate of drug-likeness (QED) is 0.711. The number of benzene rings is 2. The molecule has 106 valence electrons. The Hall–Kier alpha value is -1.77. The van der Waals surface area contributed by atoms with Crippen LogP contribution in [0.1, 0.15) is 18.5 Å². The number of fused-ring (bicyclic) bond motifs is 1. The summed E-state index contributed by atoms with van der Waals surface area (Å²) in [6.45, 7) is 2.10. The van der Waals surface area contributed by atoms with E-state index in [1.807, 2.05) is 54.7 Å². The fraction of sp³-hybridized carbons (Fsp3) is 0.118. The minimum absolute atomic E-state index is 0.111. The number of hydrogen-bond acceptors (Lipinski definition) is 1. The van der Waals surface area contributed by atoms with Gasteiger partial charge in [-0.25, -0.2) is 4.98 Å². The third-order valence-electron chi connectivity index (χ3n) is 3.50. The number of aromatic amines is 1. The average Bonchev–Trinajstić information content (AvgIpc) is 2.47. The van der Waals surface area contributed by atoms with Crippen molar-refractivity contribution >= 4 is 39.8 Å². The number of pyridine rings is 1. The van der Waals surface area contributed by atoms with Crippen molar-refractivity contribution in [3.05, 3.63) is 70.3 Å². The van der Waals surface area contributed by atoms with Crippen molar-refractivity contribution in [2.45, 2.75) is 13.0 Å². The molecule has 2 N–H and O–H groups in total. The topological polar surface area (TPSA) is 26.2 Å². The molecular weight excluding hydrogens is 303 g/mol. The Labute approximate surface area is 133 Å². The van der Waals surface area contributed by atoms with Crippen LogP contribution in [0.25, 0.3) is 10.9 Å². The van der Waals surface area contributed by atoms with Gasteiger partial charge in [-0.05, 0) is 30.7 Å². The first-order chi connectivity index (χ1) is 10.1. The van der Waals surface area contributed by atoms with E-state index in [1.165, 1.54) is 0 Å². The molecule has 1 aromatic heterocycles. The van der Waals surface area contributed by atoms with Gasteiger partial charge in [0, 0.05) is 22.2 Å². The van der Waals surface area contributed by atoms with E-state index >= 15 is 0 Å². The Morgan fingerprint density at radius 3 is 2.67 bits per heavy atom. The average molecular weight is 318 g/mol. The fourth-order valence-electron chi connectivity index (χ4n) is 2.44. The number of nitrogens with one attached hydrogen (secondary N) is 2. The summed E-state index contributed by atoms with van der Waals surface area (Å²) in [5.41, 5.74) is 3.13. The zero-order valence-corrected chi connectivity index (χ0v) is 13.0. The maximum Gasteiger partial charge on any atom is 0.214 e. The van der Waals surface area contributed by atoms with E-state index in [1.54, 1.807) is 0 Å². The van der Waals surface area contributed by atoms with Crippen LogP contribution >= 0.6 is 23.2 Å². The van der Waals surface area contributed by atoms with Crippen LogP contribution in [0.15, 0.2) is 54.7 Å². The normalized spacial score (nSPS) is 12.3. The van der Waals surface area contributed by atoms with Gasteiger partial charge in [0.2, 0.25) is 5.52 Å². The summed E-state index contributed by atoms with van der Waals surface area (Å²) in [7, 11) is 0. The summed E-state index contributed by atoms with van der Waals surface area (Å²) in [6, 6.07) is 15.8. The first-order valence-corrected chi connectivity index (χ1v) is 7.51. The Morgan fingerprint density at radius 2 is 1.86 bits per heavy atom. The van der Waals surface area contributed by atoms with Crippen molar-refractivity contribution < 1.29 is 4.98 Å². The summed E-state index contributed by atoms with van der Waals surface area (Å²) < 4.78 is 0. The van der Waals surface area contributed by atoms with Gasteiger partial charge < -0.3 is 5.32 Å². The first kappa shape index (κ1) is 14.2. The summed E-state index contributed by atoms with van der Waals surface area (Å²) in [5.74, 6) is 0. The maximum absolute atomic E-state index is 6.26. The Balaban J connectivity index is 1.97. The second-order valence-electron chi connectivity index (χ2n) is 4.97. The minimum Gasteiger partial charge on any atom is -0.378 e. The van der Waals surface area contributed by atoms with Crippen LogP contribution in [0.5, 0.6) is 0 Å². The van der Waals surface area contributed by atoms with Gasteiger partial charge in [0.1, 0.15) is 0 Å². The van der Waals surface area contributed by atoms with Gasteiger partial charge in [-0.1, -0.05) is 41.4 Å². The summed E-state index contributed by atoms with van der Waals surface area (Å²) in [4.78, 5) is 3.21. The SMILES string of the molecule is C[C@H](Nc1cc[nH+]c2cc(Cl)ccc12)c1ccccc1Cl. The number of aromatic nitrogens is 1. The third-order valence-corrected chi connectivity index (χ3v) is 4.08. The summed E-state index contributed by atoms with van der Waals surface area (Å²) in [6.07, 6.45) is 1.90. The third kappa shape index (κ3) is 2.97.